The van der Waals surface area contributed by atoms with Crippen molar-refractivity contribution in [3.05, 3.63) is 58.6 Å². The number of hydrogen-bond donors (Lipinski definition) is 1. The Hall–Kier alpha value is -1.91. The van der Waals surface area contributed by atoms with Crippen molar-refractivity contribution < 1.29 is 4.79 Å². The lowest BCUT2D eigenvalue weighted by atomic mass is 10.0. The van der Waals surface area contributed by atoms with Gasteiger partial charge in [-0.05, 0) is 35.7 Å². The molecule has 2 aromatic carbocycles. The Morgan fingerprint density at radius 2 is 2.00 bits per heavy atom. The van der Waals surface area contributed by atoms with Crippen molar-refractivity contribution in [3.63, 3.8) is 0 Å². The van der Waals surface area contributed by atoms with Crippen LogP contribution in [0.25, 0.3) is 10.2 Å². The highest BCUT2D eigenvalue weighted by Crippen LogP contribution is 2.29. The van der Waals surface area contributed by atoms with E-state index in [1.54, 1.807) is 24.3 Å². The molecule has 1 heterocycles. The molecule has 0 atom stereocenters. The molecular formula is C17H15ClN2OS. The summed E-state index contributed by atoms with van der Waals surface area (Å²) in [6.45, 7) is 4.31. The molecule has 0 bridgehead atoms. The number of nitrogens with zero attached hydrogens (tertiary/aromatic N) is 1. The van der Waals surface area contributed by atoms with Crippen LogP contribution in [0.15, 0.2) is 42.5 Å². The maximum atomic E-state index is 12.3. The quantitative estimate of drug-likeness (QED) is 0.705. The number of halogens is 1. The highest BCUT2D eigenvalue weighted by atomic mass is 35.5. The van der Waals surface area contributed by atoms with Gasteiger partial charge in [0.15, 0.2) is 5.13 Å². The van der Waals surface area contributed by atoms with Crippen molar-refractivity contribution in [1.82, 2.24) is 4.98 Å². The van der Waals surface area contributed by atoms with Crippen LogP contribution in [0.1, 0.15) is 35.7 Å². The van der Waals surface area contributed by atoms with Crippen LogP contribution in [0.5, 0.6) is 0 Å². The van der Waals surface area contributed by atoms with Gasteiger partial charge >= 0.3 is 0 Å². The molecule has 1 aromatic heterocycles. The summed E-state index contributed by atoms with van der Waals surface area (Å²) in [6.07, 6.45) is 0. The molecule has 3 nitrogen and oxygen atoms in total. The predicted molar refractivity (Wildman–Crippen MR) is 93.1 cm³/mol. The second kappa shape index (κ2) is 6.07. The molecule has 0 aliphatic carbocycles. The highest BCUT2D eigenvalue weighted by Gasteiger charge is 2.13. The van der Waals surface area contributed by atoms with Crippen LogP contribution in [-0.4, -0.2) is 10.9 Å². The van der Waals surface area contributed by atoms with Crippen LogP contribution in [-0.2, 0) is 0 Å². The smallest absolute Gasteiger partial charge is 0.258 e. The summed E-state index contributed by atoms with van der Waals surface area (Å²) in [6, 6.07) is 13.2. The number of carbonyl (C=O) groups is 1. The molecule has 0 aliphatic rings. The van der Waals surface area contributed by atoms with Crippen LogP contribution >= 0.6 is 22.9 Å². The Morgan fingerprint density at radius 3 is 2.73 bits per heavy atom. The molecule has 5 heteroatoms. The van der Waals surface area contributed by atoms with Crippen molar-refractivity contribution in [2.75, 3.05) is 5.32 Å². The molecule has 0 saturated carbocycles. The van der Waals surface area contributed by atoms with E-state index < -0.39 is 0 Å². The van der Waals surface area contributed by atoms with Crippen molar-refractivity contribution in [2.24, 2.45) is 0 Å². The molecule has 1 amide bonds. The third kappa shape index (κ3) is 2.98. The molecule has 22 heavy (non-hydrogen) atoms. The third-order valence-electron chi connectivity index (χ3n) is 3.42. The number of fused-ring (bicyclic) bond motifs is 1. The summed E-state index contributed by atoms with van der Waals surface area (Å²) in [5, 5.41) is 3.84. The Balaban J connectivity index is 1.88. The minimum absolute atomic E-state index is 0.242. The van der Waals surface area contributed by atoms with Crippen LogP contribution in [0.4, 0.5) is 5.13 Å². The fraction of sp³-hybridized carbons (Fsp3) is 0.176. The lowest BCUT2D eigenvalue weighted by Gasteiger charge is -2.03. The lowest BCUT2D eigenvalue weighted by Crippen LogP contribution is -2.11. The average molecular weight is 331 g/mol. The number of thiazole rings is 1. The predicted octanol–water partition coefficient (Wildman–Crippen LogP) is 5.33. The largest absolute Gasteiger partial charge is 0.298 e. The van der Waals surface area contributed by atoms with E-state index in [4.69, 9.17) is 11.6 Å². The third-order valence-corrected chi connectivity index (χ3v) is 4.68. The number of hydrogen-bond acceptors (Lipinski definition) is 3. The molecule has 0 saturated heterocycles. The Kier molecular flexibility index (Phi) is 4.14. The van der Waals surface area contributed by atoms with E-state index >= 15 is 0 Å². The zero-order valence-electron chi connectivity index (χ0n) is 12.3. The number of amides is 1. The van der Waals surface area contributed by atoms with Gasteiger partial charge in [0.25, 0.3) is 5.91 Å². The molecule has 1 N–H and O–H groups in total. The first-order valence-corrected chi connectivity index (χ1v) is 8.20. The molecule has 3 rings (SSSR count). The van der Waals surface area contributed by atoms with E-state index in [-0.39, 0.29) is 5.91 Å². The second-order valence-electron chi connectivity index (χ2n) is 5.33. The van der Waals surface area contributed by atoms with Crippen molar-refractivity contribution in [2.45, 2.75) is 19.8 Å². The van der Waals surface area contributed by atoms with Gasteiger partial charge in [0.1, 0.15) is 0 Å². The maximum Gasteiger partial charge on any atom is 0.258 e. The summed E-state index contributed by atoms with van der Waals surface area (Å²) >= 11 is 7.51. The molecule has 3 aromatic rings. The molecule has 0 unspecified atom stereocenters. The molecule has 0 spiro atoms. The van der Waals surface area contributed by atoms with E-state index in [2.05, 4.69) is 36.3 Å². The number of aromatic nitrogens is 1. The number of carbonyl (C=O) groups excluding carboxylic acids is 1. The minimum atomic E-state index is -0.242. The Bertz CT molecular complexity index is 842. The average Bonchev–Trinajstić information content (AvgIpc) is 2.88. The van der Waals surface area contributed by atoms with Gasteiger partial charge in [0.2, 0.25) is 0 Å². The number of rotatable bonds is 3. The SMILES string of the molecule is CC(C)c1ccc2nc(NC(=O)c3ccccc3Cl)sc2c1. The molecule has 112 valence electrons. The Labute approximate surface area is 138 Å². The van der Waals surface area contributed by atoms with E-state index in [0.29, 0.717) is 21.6 Å². The van der Waals surface area contributed by atoms with Crippen LogP contribution in [0.2, 0.25) is 5.02 Å². The molecule has 0 radical (unpaired) electrons. The Morgan fingerprint density at radius 1 is 1.23 bits per heavy atom. The summed E-state index contributed by atoms with van der Waals surface area (Å²) in [5.74, 6) is 0.224. The molecule has 0 fully saturated rings. The zero-order chi connectivity index (χ0) is 15.7. The summed E-state index contributed by atoms with van der Waals surface area (Å²) in [4.78, 5) is 16.7. The topological polar surface area (TPSA) is 42.0 Å². The monoisotopic (exact) mass is 330 g/mol. The number of nitrogens with one attached hydrogen (secondary N) is 1. The van der Waals surface area contributed by atoms with Gasteiger partial charge in [0, 0.05) is 0 Å². The summed E-state index contributed by atoms with van der Waals surface area (Å²) < 4.78 is 1.07. The van der Waals surface area contributed by atoms with E-state index in [0.717, 1.165) is 10.2 Å². The molecule has 0 aliphatic heterocycles. The van der Waals surface area contributed by atoms with Crippen LogP contribution in [0.3, 0.4) is 0 Å². The van der Waals surface area contributed by atoms with Gasteiger partial charge in [-0.15, -0.1) is 0 Å². The number of benzene rings is 2. The number of anilines is 1. The zero-order valence-corrected chi connectivity index (χ0v) is 13.8. The fourth-order valence-corrected chi connectivity index (χ4v) is 3.29. The van der Waals surface area contributed by atoms with E-state index in [1.807, 2.05) is 6.07 Å². The van der Waals surface area contributed by atoms with Gasteiger partial charge in [-0.25, -0.2) is 4.98 Å². The van der Waals surface area contributed by atoms with Gasteiger partial charge < -0.3 is 0 Å². The van der Waals surface area contributed by atoms with Gasteiger partial charge in [-0.3, -0.25) is 10.1 Å². The molecular weight excluding hydrogens is 316 g/mol. The van der Waals surface area contributed by atoms with Gasteiger partial charge in [-0.2, -0.15) is 0 Å². The maximum absolute atomic E-state index is 12.3. The van der Waals surface area contributed by atoms with Crippen LogP contribution in [0, 0.1) is 0 Å². The van der Waals surface area contributed by atoms with Crippen LogP contribution < -0.4 is 5.32 Å². The summed E-state index contributed by atoms with van der Waals surface area (Å²) in [7, 11) is 0. The lowest BCUT2D eigenvalue weighted by molar-refractivity contribution is 0.102. The van der Waals surface area contributed by atoms with Crippen molar-refractivity contribution >= 4 is 44.2 Å². The normalized spacial score (nSPS) is 11.1. The van der Waals surface area contributed by atoms with Crippen molar-refractivity contribution in [3.8, 4) is 0 Å². The van der Waals surface area contributed by atoms with Gasteiger partial charge in [-0.1, -0.05) is 55.0 Å². The first-order chi connectivity index (χ1) is 10.5. The van der Waals surface area contributed by atoms with Crippen molar-refractivity contribution in [1.29, 1.82) is 0 Å². The van der Waals surface area contributed by atoms with E-state index in [9.17, 15) is 4.79 Å². The van der Waals surface area contributed by atoms with E-state index in [1.165, 1.54) is 16.9 Å². The first-order valence-electron chi connectivity index (χ1n) is 7.01. The summed E-state index contributed by atoms with van der Waals surface area (Å²) in [5.41, 5.74) is 2.61. The highest BCUT2D eigenvalue weighted by molar-refractivity contribution is 7.22. The fourth-order valence-electron chi connectivity index (χ4n) is 2.16. The van der Waals surface area contributed by atoms with Gasteiger partial charge in [0.05, 0.1) is 20.8 Å². The first kappa shape index (κ1) is 15.0. The standard InChI is InChI=1S/C17H15ClN2OS/c1-10(2)11-7-8-14-15(9-11)22-17(19-14)20-16(21)12-5-3-4-6-13(12)18/h3-10H,1-2H3,(H,19,20,21). The minimum Gasteiger partial charge on any atom is -0.298 e. The second-order valence-corrected chi connectivity index (χ2v) is 6.77.